The first-order valence-electron chi connectivity index (χ1n) is 11.8. The van der Waals surface area contributed by atoms with E-state index < -0.39 is 24.3 Å². The molecular weight excluding hydrogens is 451 g/mol. The molecule has 1 atom stereocenters. The number of carboxylic acid groups (broad SMARTS) is 1. The van der Waals surface area contributed by atoms with Gasteiger partial charge in [0.15, 0.2) is 6.10 Å². The van der Waals surface area contributed by atoms with E-state index in [4.69, 9.17) is 5.11 Å². The van der Waals surface area contributed by atoms with Gasteiger partial charge in [0.05, 0.1) is 0 Å². The van der Waals surface area contributed by atoms with Crippen molar-refractivity contribution >= 4 is 17.7 Å². The van der Waals surface area contributed by atoms with E-state index in [9.17, 15) is 22.8 Å². The monoisotopic (exact) mass is 485 g/mol. The van der Waals surface area contributed by atoms with E-state index >= 15 is 0 Å². The molecule has 0 aliphatic carbocycles. The normalized spacial score (nSPS) is 19.3. The number of carbonyl (C=O) groups is 2. The van der Waals surface area contributed by atoms with Gasteiger partial charge in [0.2, 0.25) is 0 Å². The summed E-state index contributed by atoms with van der Waals surface area (Å²) in [6.07, 6.45) is -3.46. The third-order valence-corrected chi connectivity index (χ3v) is 6.84. The number of alkyl halides is 3. The summed E-state index contributed by atoms with van der Waals surface area (Å²) in [5.74, 6) is -0.805. The van der Waals surface area contributed by atoms with Crippen LogP contribution in [0.5, 0.6) is 0 Å². The van der Waals surface area contributed by atoms with Crippen LogP contribution in [0.3, 0.4) is 0 Å². The quantitative estimate of drug-likeness (QED) is 0.516. The number of carbonyl (C=O) groups excluding carboxylic acids is 1. The summed E-state index contributed by atoms with van der Waals surface area (Å²) in [6.45, 7) is 5.90. The Morgan fingerprint density at radius 2 is 1.88 bits per heavy atom. The first kappa shape index (κ1) is 26.1. The minimum absolute atomic E-state index is 0.0642. The highest BCUT2D eigenvalue weighted by atomic mass is 19.4. The molecule has 2 fully saturated rings. The van der Waals surface area contributed by atoms with E-state index in [0.29, 0.717) is 38.9 Å². The van der Waals surface area contributed by atoms with Gasteiger partial charge in [-0.05, 0) is 75.8 Å². The standard InChI is InChI=1S/C24H34F3N3O4/c1-17-13-19(15-20(14-17)28-9-3-5-21(31)32)16-30-10-4-6-23(30)7-11-29(12-8-23)22(33)34-18(2)24(25,26)27/h13-15,18,28H,3-12,16H2,1-2H3,(H,31,32). The first-order valence-corrected chi connectivity index (χ1v) is 11.8. The Kier molecular flexibility index (Phi) is 8.33. The zero-order chi connectivity index (χ0) is 24.9. The van der Waals surface area contributed by atoms with Gasteiger partial charge in [0.1, 0.15) is 0 Å². The minimum atomic E-state index is -4.56. The molecule has 1 aromatic carbocycles. The number of nitrogens with zero attached hydrogens (tertiary/aromatic N) is 2. The number of likely N-dealkylation sites (tertiary alicyclic amines) is 2. The Hall–Kier alpha value is -2.49. The van der Waals surface area contributed by atoms with Crippen LogP contribution < -0.4 is 5.32 Å². The summed E-state index contributed by atoms with van der Waals surface area (Å²) in [4.78, 5) is 26.7. The fraction of sp³-hybridized carbons (Fsp3) is 0.667. The van der Waals surface area contributed by atoms with Crippen molar-refractivity contribution in [1.29, 1.82) is 0 Å². The number of hydrogen-bond acceptors (Lipinski definition) is 5. The van der Waals surface area contributed by atoms with Crippen LogP contribution >= 0.6 is 0 Å². The number of halogens is 3. The van der Waals surface area contributed by atoms with Crippen molar-refractivity contribution in [2.75, 3.05) is 31.5 Å². The van der Waals surface area contributed by atoms with Gasteiger partial charge in [0.25, 0.3) is 0 Å². The van der Waals surface area contributed by atoms with E-state index in [1.165, 1.54) is 4.90 Å². The number of aryl methyl sites for hydroxylation is 1. The second-order valence-electron chi connectivity index (χ2n) is 9.44. The summed E-state index contributed by atoms with van der Waals surface area (Å²) >= 11 is 0. The predicted octanol–water partition coefficient (Wildman–Crippen LogP) is 4.79. The molecule has 2 heterocycles. The van der Waals surface area contributed by atoms with Gasteiger partial charge in [0, 0.05) is 43.8 Å². The number of carboxylic acids is 1. The van der Waals surface area contributed by atoms with Crippen molar-refractivity contribution in [2.24, 2.45) is 0 Å². The van der Waals surface area contributed by atoms with Gasteiger partial charge in [-0.3, -0.25) is 9.69 Å². The van der Waals surface area contributed by atoms with E-state index in [-0.39, 0.29) is 12.0 Å². The maximum absolute atomic E-state index is 12.7. The minimum Gasteiger partial charge on any atom is -0.481 e. The molecule has 34 heavy (non-hydrogen) atoms. The highest BCUT2D eigenvalue weighted by molar-refractivity contribution is 5.68. The predicted molar refractivity (Wildman–Crippen MR) is 122 cm³/mol. The number of ether oxygens (including phenoxy) is 1. The Morgan fingerprint density at radius 1 is 1.18 bits per heavy atom. The molecule has 1 unspecified atom stereocenters. The third-order valence-electron chi connectivity index (χ3n) is 6.84. The van der Waals surface area contributed by atoms with Crippen LogP contribution in [0.25, 0.3) is 0 Å². The molecule has 2 saturated heterocycles. The zero-order valence-electron chi connectivity index (χ0n) is 19.8. The van der Waals surface area contributed by atoms with Gasteiger partial charge in [-0.15, -0.1) is 0 Å². The number of hydrogen-bond donors (Lipinski definition) is 2. The molecule has 2 N–H and O–H groups in total. The third kappa shape index (κ3) is 6.77. The van der Waals surface area contributed by atoms with Gasteiger partial charge < -0.3 is 20.1 Å². The first-order chi connectivity index (χ1) is 16.0. The molecule has 2 aliphatic rings. The van der Waals surface area contributed by atoms with Crippen molar-refractivity contribution in [1.82, 2.24) is 9.80 Å². The maximum atomic E-state index is 12.7. The maximum Gasteiger partial charge on any atom is 0.425 e. The SMILES string of the molecule is Cc1cc(CN2CCCC23CCN(C(=O)OC(C)C(F)(F)F)CC3)cc(NCCCC(=O)O)c1. The molecule has 1 spiro atoms. The van der Waals surface area contributed by atoms with Crippen LogP contribution in [0.1, 0.15) is 56.6 Å². The molecule has 0 saturated carbocycles. The van der Waals surface area contributed by atoms with Gasteiger partial charge in [-0.1, -0.05) is 6.07 Å². The van der Waals surface area contributed by atoms with Crippen LogP contribution in [-0.4, -0.2) is 71.0 Å². The smallest absolute Gasteiger partial charge is 0.425 e. The largest absolute Gasteiger partial charge is 0.481 e. The molecule has 3 rings (SSSR count). The Balaban J connectivity index is 1.58. The zero-order valence-corrected chi connectivity index (χ0v) is 19.8. The average Bonchev–Trinajstić information content (AvgIpc) is 3.12. The molecule has 1 amide bonds. The fourth-order valence-electron chi connectivity index (χ4n) is 4.95. The lowest BCUT2D eigenvalue weighted by Gasteiger charge is -2.45. The summed E-state index contributed by atoms with van der Waals surface area (Å²) in [6, 6.07) is 6.26. The number of benzene rings is 1. The lowest BCUT2D eigenvalue weighted by atomic mass is 9.85. The van der Waals surface area contributed by atoms with Crippen molar-refractivity contribution < 1.29 is 32.6 Å². The average molecular weight is 486 g/mol. The number of nitrogens with one attached hydrogen (secondary N) is 1. The Bertz CT molecular complexity index is 870. The molecule has 0 radical (unpaired) electrons. The topological polar surface area (TPSA) is 82.1 Å². The Labute approximate surface area is 198 Å². The lowest BCUT2D eigenvalue weighted by Crippen LogP contribution is -2.53. The van der Waals surface area contributed by atoms with Crippen LogP contribution in [0.4, 0.5) is 23.7 Å². The van der Waals surface area contributed by atoms with E-state index in [1.54, 1.807) is 0 Å². The second kappa shape index (κ2) is 10.8. The summed E-state index contributed by atoms with van der Waals surface area (Å²) in [7, 11) is 0. The highest BCUT2D eigenvalue weighted by Gasteiger charge is 2.45. The molecule has 0 aromatic heterocycles. The van der Waals surface area contributed by atoms with Crippen molar-refractivity contribution in [3.8, 4) is 0 Å². The summed E-state index contributed by atoms with van der Waals surface area (Å²) in [5, 5.41) is 12.1. The molecule has 0 bridgehead atoms. The van der Waals surface area contributed by atoms with Gasteiger partial charge in [-0.2, -0.15) is 13.2 Å². The number of anilines is 1. The van der Waals surface area contributed by atoms with E-state index in [0.717, 1.165) is 49.7 Å². The molecule has 10 heteroatoms. The van der Waals surface area contributed by atoms with Crippen LogP contribution in [0.2, 0.25) is 0 Å². The number of aliphatic carboxylic acids is 1. The molecule has 7 nitrogen and oxygen atoms in total. The molecule has 190 valence electrons. The van der Waals surface area contributed by atoms with E-state index in [1.807, 2.05) is 13.0 Å². The summed E-state index contributed by atoms with van der Waals surface area (Å²) < 4.78 is 42.8. The summed E-state index contributed by atoms with van der Waals surface area (Å²) in [5.41, 5.74) is 3.17. The lowest BCUT2D eigenvalue weighted by molar-refractivity contribution is -0.200. The second-order valence-corrected chi connectivity index (χ2v) is 9.44. The molecule has 1 aromatic rings. The number of rotatable bonds is 8. The van der Waals surface area contributed by atoms with Crippen molar-refractivity contribution in [3.63, 3.8) is 0 Å². The van der Waals surface area contributed by atoms with Crippen LogP contribution in [0.15, 0.2) is 18.2 Å². The molecule has 2 aliphatic heterocycles. The Morgan fingerprint density at radius 3 is 2.53 bits per heavy atom. The van der Waals surface area contributed by atoms with E-state index in [2.05, 4.69) is 27.1 Å². The fourth-order valence-corrected chi connectivity index (χ4v) is 4.95. The highest BCUT2D eigenvalue weighted by Crippen LogP contribution is 2.40. The van der Waals surface area contributed by atoms with Crippen molar-refractivity contribution in [3.05, 3.63) is 29.3 Å². The van der Waals surface area contributed by atoms with Gasteiger partial charge >= 0.3 is 18.2 Å². The number of amides is 1. The van der Waals surface area contributed by atoms with Crippen LogP contribution in [0, 0.1) is 6.92 Å². The number of piperidine rings is 1. The van der Waals surface area contributed by atoms with Crippen molar-refractivity contribution in [2.45, 2.75) is 76.7 Å². The van der Waals surface area contributed by atoms with Gasteiger partial charge in [-0.25, -0.2) is 4.79 Å². The molecular formula is C24H34F3N3O4. The van der Waals surface area contributed by atoms with Crippen LogP contribution in [-0.2, 0) is 16.1 Å².